The smallest absolute Gasteiger partial charge is 0.169 e. The third-order valence-corrected chi connectivity index (χ3v) is 3.85. The van der Waals surface area contributed by atoms with Crippen LogP contribution in [0.1, 0.15) is 5.56 Å². The summed E-state index contributed by atoms with van der Waals surface area (Å²) < 4.78 is 1.64. The number of fused-ring (bicyclic) bond motifs is 1. The van der Waals surface area contributed by atoms with Crippen molar-refractivity contribution in [3.8, 4) is 28.8 Å². The second-order valence-electron chi connectivity index (χ2n) is 5.43. The van der Waals surface area contributed by atoms with Crippen molar-refractivity contribution in [3.63, 3.8) is 0 Å². The van der Waals surface area contributed by atoms with Gasteiger partial charge in [-0.25, -0.2) is 14.6 Å². The minimum atomic E-state index is 0.165. The van der Waals surface area contributed by atoms with Gasteiger partial charge in [-0.1, -0.05) is 6.07 Å². The summed E-state index contributed by atoms with van der Waals surface area (Å²) in [5.41, 5.74) is 9.22. The number of aromatic nitrogens is 4. The molecule has 25 heavy (non-hydrogen) atoms. The summed E-state index contributed by atoms with van der Waals surface area (Å²) in [6.45, 7) is 0. The van der Waals surface area contributed by atoms with Crippen molar-refractivity contribution < 1.29 is 5.11 Å². The number of nitrogens with zero attached hydrogens (tertiary/aromatic N) is 5. The molecule has 0 spiro atoms. The van der Waals surface area contributed by atoms with Crippen molar-refractivity contribution in [2.75, 3.05) is 5.73 Å². The predicted molar refractivity (Wildman–Crippen MR) is 92.9 cm³/mol. The highest BCUT2D eigenvalue weighted by molar-refractivity contribution is 5.98. The molecule has 0 atom stereocenters. The molecule has 0 unspecified atom stereocenters. The topological polar surface area (TPSA) is 114 Å². The number of nitriles is 1. The molecule has 120 valence electrons. The average molecular weight is 328 g/mol. The largest absolute Gasteiger partial charge is 0.508 e. The van der Waals surface area contributed by atoms with E-state index in [4.69, 9.17) is 11.0 Å². The number of benzene rings is 2. The van der Waals surface area contributed by atoms with Gasteiger partial charge in [0.25, 0.3) is 0 Å². The van der Waals surface area contributed by atoms with Crippen LogP contribution in [-0.2, 0) is 0 Å². The van der Waals surface area contributed by atoms with Gasteiger partial charge in [-0.05, 0) is 42.5 Å². The van der Waals surface area contributed by atoms with Crippen LogP contribution in [0.5, 0.6) is 5.75 Å². The van der Waals surface area contributed by atoms with Gasteiger partial charge in [0.2, 0.25) is 0 Å². The standard InChI is InChI=1S/C18H12N6O/c19-9-11-2-1-3-13(8-11)24-18-15(17(20)21-10-22-18)16(23-24)12-4-6-14(25)7-5-12/h1-8,10,25H,(H2,20,21,22). The van der Waals surface area contributed by atoms with Gasteiger partial charge >= 0.3 is 0 Å². The lowest BCUT2D eigenvalue weighted by Crippen LogP contribution is -1.99. The molecule has 7 heteroatoms. The van der Waals surface area contributed by atoms with Gasteiger partial charge in [0.15, 0.2) is 5.65 Å². The summed E-state index contributed by atoms with van der Waals surface area (Å²) in [5.74, 6) is 0.481. The molecule has 0 saturated carbocycles. The molecule has 0 aliphatic carbocycles. The van der Waals surface area contributed by atoms with Gasteiger partial charge in [0.1, 0.15) is 23.6 Å². The number of phenolic OH excluding ortho intramolecular Hbond substituents is 1. The molecule has 4 rings (SSSR count). The second kappa shape index (κ2) is 5.62. The van der Waals surface area contributed by atoms with Gasteiger partial charge < -0.3 is 10.8 Å². The van der Waals surface area contributed by atoms with E-state index >= 15 is 0 Å². The maximum Gasteiger partial charge on any atom is 0.169 e. The van der Waals surface area contributed by atoms with Crippen LogP contribution in [0.3, 0.4) is 0 Å². The van der Waals surface area contributed by atoms with Crippen molar-refractivity contribution in [2.24, 2.45) is 0 Å². The van der Waals surface area contributed by atoms with E-state index in [-0.39, 0.29) is 5.75 Å². The molecule has 0 bridgehead atoms. The highest BCUT2D eigenvalue weighted by atomic mass is 16.3. The quantitative estimate of drug-likeness (QED) is 0.585. The minimum absolute atomic E-state index is 0.165. The number of anilines is 1. The third-order valence-electron chi connectivity index (χ3n) is 3.85. The lowest BCUT2D eigenvalue weighted by Gasteiger charge is -2.02. The van der Waals surface area contributed by atoms with E-state index in [1.54, 1.807) is 47.1 Å². The lowest BCUT2D eigenvalue weighted by atomic mass is 10.1. The summed E-state index contributed by atoms with van der Waals surface area (Å²) in [4.78, 5) is 8.38. The van der Waals surface area contributed by atoms with Gasteiger partial charge in [0, 0.05) is 5.56 Å². The van der Waals surface area contributed by atoms with E-state index < -0.39 is 0 Å². The lowest BCUT2D eigenvalue weighted by molar-refractivity contribution is 0.475. The van der Waals surface area contributed by atoms with Crippen molar-refractivity contribution >= 4 is 16.9 Å². The highest BCUT2D eigenvalue weighted by Gasteiger charge is 2.18. The Balaban J connectivity index is 2.02. The Labute approximate surface area is 142 Å². The maximum absolute atomic E-state index is 9.51. The number of hydrogen-bond acceptors (Lipinski definition) is 6. The van der Waals surface area contributed by atoms with E-state index in [0.717, 1.165) is 5.56 Å². The van der Waals surface area contributed by atoms with Crippen LogP contribution < -0.4 is 5.73 Å². The fraction of sp³-hybridized carbons (Fsp3) is 0. The summed E-state index contributed by atoms with van der Waals surface area (Å²) in [6.07, 6.45) is 1.38. The van der Waals surface area contributed by atoms with Gasteiger partial charge in [-0.15, -0.1) is 0 Å². The zero-order chi connectivity index (χ0) is 17.4. The molecule has 7 nitrogen and oxygen atoms in total. The number of phenols is 1. The Morgan fingerprint density at radius 2 is 1.88 bits per heavy atom. The SMILES string of the molecule is N#Cc1cccc(-n2nc(-c3ccc(O)cc3)c3c(N)ncnc32)c1. The van der Waals surface area contributed by atoms with Crippen LogP contribution in [0.4, 0.5) is 5.82 Å². The van der Waals surface area contributed by atoms with Crippen molar-refractivity contribution in [1.29, 1.82) is 5.26 Å². The van der Waals surface area contributed by atoms with Crippen LogP contribution in [-0.4, -0.2) is 24.9 Å². The molecule has 2 aromatic carbocycles. The molecule has 0 aliphatic rings. The molecule has 0 aliphatic heterocycles. The first-order valence-corrected chi connectivity index (χ1v) is 7.46. The van der Waals surface area contributed by atoms with Crippen LogP contribution in [0, 0.1) is 11.3 Å². The summed E-state index contributed by atoms with van der Waals surface area (Å²) in [6, 6.07) is 15.8. The first kappa shape index (κ1) is 14.7. The van der Waals surface area contributed by atoms with Crippen LogP contribution in [0.2, 0.25) is 0 Å². The Morgan fingerprint density at radius 1 is 1.08 bits per heavy atom. The summed E-state index contributed by atoms with van der Waals surface area (Å²) in [5, 5.41) is 23.9. The number of nitrogens with two attached hydrogens (primary N) is 1. The zero-order valence-corrected chi connectivity index (χ0v) is 13.0. The van der Waals surface area contributed by atoms with E-state index in [1.165, 1.54) is 6.33 Å². The first-order chi connectivity index (χ1) is 12.2. The molecule has 0 fully saturated rings. The molecule has 4 aromatic rings. The predicted octanol–water partition coefficient (Wildman–Crippen LogP) is 2.64. The first-order valence-electron chi connectivity index (χ1n) is 7.46. The minimum Gasteiger partial charge on any atom is -0.508 e. The Bertz CT molecular complexity index is 1120. The molecule has 2 aromatic heterocycles. The molecule has 0 amide bonds. The van der Waals surface area contributed by atoms with Crippen LogP contribution in [0.25, 0.3) is 28.0 Å². The fourth-order valence-electron chi connectivity index (χ4n) is 2.68. The fourth-order valence-corrected chi connectivity index (χ4v) is 2.68. The summed E-state index contributed by atoms with van der Waals surface area (Å²) in [7, 11) is 0. The maximum atomic E-state index is 9.51. The normalized spacial score (nSPS) is 10.7. The third kappa shape index (κ3) is 2.42. The monoisotopic (exact) mass is 328 g/mol. The van der Waals surface area contributed by atoms with Gasteiger partial charge in [-0.3, -0.25) is 0 Å². The number of nitrogen functional groups attached to an aromatic ring is 1. The molecule has 0 saturated heterocycles. The molecular formula is C18H12N6O. The molecular weight excluding hydrogens is 316 g/mol. The van der Waals surface area contributed by atoms with Gasteiger partial charge in [-0.2, -0.15) is 10.4 Å². The van der Waals surface area contributed by atoms with Gasteiger partial charge in [0.05, 0.1) is 22.7 Å². The van der Waals surface area contributed by atoms with E-state index in [9.17, 15) is 5.11 Å². The average Bonchev–Trinajstić information content (AvgIpc) is 3.03. The van der Waals surface area contributed by atoms with E-state index in [1.807, 2.05) is 6.07 Å². The van der Waals surface area contributed by atoms with Crippen LogP contribution in [0.15, 0.2) is 54.9 Å². The molecule has 2 heterocycles. The number of rotatable bonds is 2. The summed E-state index contributed by atoms with van der Waals surface area (Å²) >= 11 is 0. The Morgan fingerprint density at radius 3 is 2.64 bits per heavy atom. The van der Waals surface area contributed by atoms with Crippen molar-refractivity contribution in [2.45, 2.75) is 0 Å². The number of aromatic hydroxyl groups is 1. The molecule has 3 N–H and O–H groups in total. The van der Waals surface area contributed by atoms with E-state index in [0.29, 0.717) is 33.8 Å². The number of hydrogen-bond donors (Lipinski definition) is 2. The van der Waals surface area contributed by atoms with Crippen molar-refractivity contribution in [1.82, 2.24) is 19.7 Å². The Hall–Kier alpha value is -3.92. The highest BCUT2D eigenvalue weighted by Crippen LogP contribution is 2.32. The van der Waals surface area contributed by atoms with Crippen molar-refractivity contribution in [3.05, 3.63) is 60.4 Å². The van der Waals surface area contributed by atoms with E-state index in [2.05, 4.69) is 21.1 Å². The Kier molecular flexibility index (Phi) is 3.29. The zero-order valence-electron chi connectivity index (χ0n) is 13.0. The second-order valence-corrected chi connectivity index (χ2v) is 5.43. The van der Waals surface area contributed by atoms with Crippen LogP contribution >= 0.6 is 0 Å². The molecule has 0 radical (unpaired) electrons.